The highest BCUT2D eigenvalue weighted by atomic mass is 32.1. The quantitative estimate of drug-likeness (QED) is 0.850. The molecule has 0 atom stereocenters. The van der Waals surface area contributed by atoms with Crippen molar-refractivity contribution in [1.29, 1.82) is 0 Å². The van der Waals surface area contributed by atoms with Gasteiger partial charge in [0.05, 0.1) is 5.39 Å². The number of nitrogens with zero attached hydrogens (tertiary/aromatic N) is 2. The van der Waals surface area contributed by atoms with E-state index < -0.39 is 0 Å². The van der Waals surface area contributed by atoms with Crippen LogP contribution >= 0.6 is 11.3 Å². The van der Waals surface area contributed by atoms with E-state index in [0.717, 1.165) is 34.9 Å². The zero-order chi connectivity index (χ0) is 14.9. The fraction of sp³-hybridized carbons (Fsp3) is 0.625. The van der Waals surface area contributed by atoms with Gasteiger partial charge in [-0.2, -0.15) is 4.98 Å². The highest BCUT2D eigenvalue weighted by Crippen LogP contribution is 2.36. The Balaban J connectivity index is 1.97. The number of aromatic nitrogens is 2. The van der Waals surface area contributed by atoms with E-state index in [-0.39, 0.29) is 5.54 Å². The molecule has 4 nitrogen and oxygen atoms in total. The zero-order valence-corrected chi connectivity index (χ0v) is 13.9. The molecule has 21 heavy (non-hydrogen) atoms. The molecule has 0 aliphatic heterocycles. The van der Waals surface area contributed by atoms with Crippen molar-refractivity contribution in [3.8, 4) is 0 Å². The maximum atomic E-state index is 4.73. The normalized spacial score (nSPS) is 17.3. The Bertz CT molecular complexity index is 628. The van der Waals surface area contributed by atoms with Gasteiger partial charge in [0.25, 0.3) is 0 Å². The van der Waals surface area contributed by atoms with Crippen molar-refractivity contribution < 1.29 is 0 Å². The predicted molar refractivity (Wildman–Crippen MR) is 91.4 cm³/mol. The Morgan fingerprint density at radius 1 is 1.29 bits per heavy atom. The molecule has 1 fully saturated rings. The number of hydrogen-bond acceptors (Lipinski definition) is 5. The molecule has 3 rings (SSSR count). The van der Waals surface area contributed by atoms with Crippen molar-refractivity contribution in [2.24, 2.45) is 0 Å². The predicted octanol–water partition coefficient (Wildman–Crippen LogP) is 4.57. The molecule has 1 saturated carbocycles. The Kier molecular flexibility index (Phi) is 4.02. The Morgan fingerprint density at radius 2 is 2.05 bits per heavy atom. The summed E-state index contributed by atoms with van der Waals surface area (Å²) in [5.74, 6) is 1.74. The number of anilines is 2. The van der Waals surface area contributed by atoms with E-state index in [1.54, 1.807) is 11.3 Å². The third-order valence-electron chi connectivity index (χ3n) is 4.18. The van der Waals surface area contributed by atoms with Crippen LogP contribution in [0.25, 0.3) is 10.2 Å². The minimum Gasteiger partial charge on any atom is -0.364 e. The Morgan fingerprint density at radius 3 is 2.76 bits per heavy atom. The van der Waals surface area contributed by atoms with Crippen LogP contribution in [0.4, 0.5) is 11.8 Å². The zero-order valence-electron chi connectivity index (χ0n) is 13.1. The van der Waals surface area contributed by atoms with Gasteiger partial charge in [0.2, 0.25) is 5.95 Å². The average Bonchev–Trinajstić information content (AvgIpc) is 3.02. The summed E-state index contributed by atoms with van der Waals surface area (Å²) in [7, 11) is 0. The standard InChI is InChI=1S/C16H24N4S/c1-4-9-17-15-18-13(20-16(3)7-5-6-8-16)12-10-11(2)21-14(12)19-15/h10H,4-9H2,1-3H3,(H2,17,18,19,20). The van der Waals surface area contributed by atoms with Crippen LogP contribution < -0.4 is 10.6 Å². The van der Waals surface area contributed by atoms with Gasteiger partial charge < -0.3 is 10.6 Å². The van der Waals surface area contributed by atoms with Crippen LogP contribution in [0.5, 0.6) is 0 Å². The molecular weight excluding hydrogens is 280 g/mol. The molecule has 0 radical (unpaired) electrons. The first-order chi connectivity index (χ1) is 10.1. The lowest BCUT2D eigenvalue weighted by Crippen LogP contribution is -2.31. The lowest BCUT2D eigenvalue weighted by molar-refractivity contribution is 0.532. The number of hydrogen-bond donors (Lipinski definition) is 2. The molecule has 0 bridgehead atoms. The van der Waals surface area contributed by atoms with E-state index in [1.165, 1.54) is 30.6 Å². The van der Waals surface area contributed by atoms with Crippen LogP contribution in [0.15, 0.2) is 6.07 Å². The van der Waals surface area contributed by atoms with Gasteiger partial charge in [-0.05, 0) is 39.2 Å². The van der Waals surface area contributed by atoms with E-state index >= 15 is 0 Å². The molecule has 0 spiro atoms. The maximum Gasteiger partial charge on any atom is 0.226 e. The summed E-state index contributed by atoms with van der Waals surface area (Å²) in [6.45, 7) is 7.50. The molecule has 0 saturated heterocycles. The highest BCUT2D eigenvalue weighted by Gasteiger charge is 2.29. The molecule has 0 aromatic carbocycles. The summed E-state index contributed by atoms with van der Waals surface area (Å²) in [5, 5.41) is 8.18. The van der Waals surface area contributed by atoms with Crippen molar-refractivity contribution in [2.45, 2.75) is 58.4 Å². The van der Waals surface area contributed by atoms with Crippen molar-refractivity contribution in [2.75, 3.05) is 17.2 Å². The van der Waals surface area contributed by atoms with Crippen molar-refractivity contribution in [3.05, 3.63) is 10.9 Å². The van der Waals surface area contributed by atoms with Gasteiger partial charge in [-0.25, -0.2) is 4.98 Å². The summed E-state index contributed by atoms with van der Waals surface area (Å²) in [4.78, 5) is 11.7. The van der Waals surface area contributed by atoms with Crippen LogP contribution in [0, 0.1) is 6.92 Å². The summed E-state index contributed by atoms with van der Waals surface area (Å²) in [6, 6.07) is 2.20. The van der Waals surface area contributed by atoms with Crippen molar-refractivity contribution in [1.82, 2.24) is 9.97 Å². The molecule has 2 heterocycles. The minimum atomic E-state index is 0.180. The van der Waals surface area contributed by atoms with Gasteiger partial charge in [-0.3, -0.25) is 0 Å². The second-order valence-corrected chi connectivity index (χ2v) is 7.53. The molecule has 2 aromatic rings. The lowest BCUT2D eigenvalue weighted by atomic mass is 10.0. The number of aryl methyl sites for hydroxylation is 1. The van der Waals surface area contributed by atoms with Crippen LogP contribution in [0.2, 0.25) is 0 Å². The fourth-order valence-corrected chi connectivity index (χ4v) is 3.90. The molecule has 1 aliphatic carbocycles. The number of fused-ring (bicyclic) bond motifs is 1. The van der Waals surface area contributed by atoms with E-state index in [4.69, 9.17) is 4.98 Å². The first-order valence-corrected chi connectivity index (χ1v) is 8.71. The second-order valence-electron chi connectivity index (χ2n) is 6.29. The summed E-state index contributed by atoms with van der Waals surface area (Å²) < 4.78 is 0. The average molecular weight is 304 g/mol. The van der Waals surface area contributed by atoms with Crippen LogP contribution in [0.3, 0.4) is 0 Å². The number of rotatable bonds is 5. The maximum absolute atomic E-state index is 4.73. The summed E-state index contributed by atoms with van der Waals surface area (Å²) in [5.41, 5.74) is 0.180. The van der Waals surface area contributed by atoms with E-state index in [1.807, 2.05) is 0 Å². The van der Waals surface area contributed by atoms with Gasteiger partial charge in [-0.1, -0.05) is 19.8 Å². The molecule has 2 N–H and O–H groups in total. The van der Waals surface area contributed by atoms with Crippen LogP contribution in [0.1, 0.15) is 50.8 Å². The van der Waals surface area contributed by atoms with Crippen molar-refractivity contribution in [3.63, 3.8) is 0 Å². The second kappa shape index (κ2) is 5.79. The number of nitrogens with one attached hydrogen (secondary N) is 2. The molecule has 0 amide bonds. The van der Waals surface area contributed by atoms with Crippen molar-refractivity contribution >= 4 is 33.3 Å². The first kappa shape index (κ1) is 14.6. The van der Waals surface area contributed by atoms with E-state index in [9.17, 15) is 0 Å². The Hall–Kier alpha value is -1.36. The largest absolute Gasteiger partial charge is 0.364 e. The van der Waals surface area contributed by atoms with Gasteiger partial charge in [-0.15, -0.1) is 11.3 Å². The van der Waals surface area contributed by atoms with Gasteiger partial charge in [0, 0.05) is 17.0 Å². The van der Waals surface area contributed by atoms with E-state index in [2.05, 4.69) is 42.5 Å². The van der Waals surface area contributed by atoms with Crippen LogP contribution in [-0.4, -0.2) is 22.1 Å². The van der Waals surface area contributed by atoms with Gasteiger partial charge in [0.15, 0.2) is 0 Å². The molecule has 0 unspecified atom stereocenters. The smallest absolute Gasteiger partial charge is 0.226 e. The first-order valence-electron chi connectivity index (χ1n) is 7.90. The Labute approximate surface area is 130 Å². The molecule has 2 aromatic heterocycles. The fourth-order valence-electron chi connectivity index (χ4n) is 3.02. The molecular formula is C16H24N4S. The summed E-state index contributed by atoms with van der Waals surface area (Å²) >= 11 is 1.74. The third-order valence-corrected chi connectivity index (χ3v) is 5.12. The monoisotopic (exact) mass is 304 g/mol. The summed E-state index contributed by atoms with van der Waals surface area (Å²) in [6.07, 6.45) is 6.13. The molecule has 114 valence electrons. The minimum absolute atomic E-state index is 0.180. The third kappa shape index (κ3) is 3.12. The highest BCUT2D eigenvalue weighted by molar-refractivity contribution is 7.18. The SMILES string of the molecule is CCCNc1nc(NC2(C)CCCC2)c2cc(C)sc2n1. The molecule has 1 aliphatic rings. The topological polar surface area (TPSA) is 49.8 Å². The van der Waals surface area contributed by atoms with Crippen LogP contribution in [-0.2, 0) is 0 Å². The molecule has 5 heteroatoms. The number of thiophene rings is 1. The van der Waals surface area contributed by atoms with E-state index in [0.29, 0.717) is 0 Å². The van der Waals surface area contributed by atoms with Gasteiger partial charge in [0.1, 0.15) is 10.6 Å². The van der Waals surface area contributed by atoms with Gasteiger partial charge >= 0.3 is 0 Å². The lowest BCUT2D eigenvalue weighted by Gasteiger charge is -2.26.